The molecular weight excluding hydrogens is 368 g/mol. The molecule has 0 saturated carbocycles. The summed E-state index contributed by atoms with van der Waals surface area (Å²) in [5, 5.41) is 6.94. The van der Waals surface area contributed by atoms with E-state index in [0.29, 0.717) is 25.3 Å². The van der Waals surface area contributed by atoms with Gasteiger partial charge in [-0.3, -0.25) is 9.48 Å². The molecule has 27 heavy (non-hydrogen) atoms. The highest BCUT2D eigenvalue weighted by molar-refractivity contribution is 7.89. The quantitative estimate of drug-likeness (QED) is 0.739. The molecule has 1 aliphatic rings. The Bertz CT molecular complexity index is 888. The minimum absolute atomic E-state index is 0.0690. The van der Waals surface area contributed by atoms with Crippen molar-refractivity contribution in [3.63, 3.8) is 0 Å². The summed E-state index contributed by atoms with van der Waals surface area (Å²) in [5.41, 5.74) is 1.17. The topological polar surface area (TPSA) is 102 Å². The lowest BCUT2D eigenvalue weighted by molar-refractivity contribution is 0.0774. The van der Waals surface area contributed by atoms with Crippen molar-refractivity contribution in [3.05, 3.63) is 47.8 Å². The molecule has 1 aromatic heterocycles. The van der Waals surface area contributed by atoms with Crippen LogP contribution >= 0.6 is 0 Å². The summed E-state index contributed by atoms with van der Waals surface area (Å²) in [5.74, 6) is -0.336. The Morgan fingerprint density at radius 1 is 1.41 bits per heavy atom. The van der Waals surface area contributed by atoms with Crippen molar-refractivity contribution >= 4 is 15.9 Å². The van der Waals surface area contributed by atoms with Crippen LogP contribution in [0.1, 0.15) is 35.7 Å². The largest absolute Gasteiger partial charge is 0.380 e. The Kier molecular flexibility index (Phi) is 6.25. The summed E-state index contributed by atoms with van der Waals surface area (Å²) in [4.78, 5) is 12.5. The van der Waals surface area contributed by atoms with Crippen LogP contribution in [0.25, 0.3) is 0 Å². The maximum atomic E-state index is 12.6. The number of amides is 1. The summed E-state index contributed by atoms with van der Waals surface area (Å²) < 4.78 is 34.9. The molecule has 1 atom stereocenters. The van der Waals surface area contributed by atoms with Crippen LogP contribution in [0.2, 0.25) is 0 Å². The number of nitrogens with one attached hydrogen (secondary N) is 2. The summed E-state index contributed by atoms with van der Waals surface area (Å²) in [7, 11) is -3.71. The summed E-state index contributed by atoms with van der Waals surface area (Å²) in [6, 6.07) is 5.78. The minimum Gasteiger partial charge on any atom is -0.380 e. The number of aryl methyl sites for hydroxylation is 1. The second kappa shape index (κ2) is 8.64. The highest BCUT2D eigenvalue weighted by atomic mass is 32.2. The average Bonchev–Trinajstić information content (AvgIpc) is 3.15. The molecule has 2 aromatic rings. The zero-order chi connectivity index (χ0) is 19.3. The Labute approximate surface area is 159 Å². The molecule has 1 aliphatic heterocycles. The van der Waals surface area contributed by atoms with Crippen LogP contribution in [0, 0.1) is 0 Å². The predicted octanol–water partition coefficient (Wildman–Crippen LogP) is 1.29. The lowest BCUT2D eigenvalue weighted by Gasteiger charge is -2.23. The van der Waals surface area contributed by atoms with Gasteiger partial charge in [0.15, 0.2) is 0 Å². The number of hydrogen-bond acceptors (Lipinski definition) is 5. The third-order valence-electron chi connectivity index (χ3n) is 4.35. The first-order valence-electron chi connectivity index (χ1n) is 8.97. The van der Waals surface area contributed by atoms with Gasteiger partial charge in [-0.2, -0.15) is 5.10 Å². The van der Waals surface area contributed by atoms with E-state index >= 15 is 0 Å². The van der Waals surface area contributed by atoms with Gasteiger partial charge in [0.25, 0.3) is 5.91 Å². The Morgan fingerprint density at radius 2 is 2.26 bits per heavy atom. The van der Waals surface area contributed by atoms with E-state index in [4.69, 9.17) is 4.74 Å². The monoisotopic (exact) mass is 392 g/mol. The van der Waals surface area contributed by atoms with E-state index in [2.05, 4.69) is 15.1 Å². The number of rotatable bonds is 7. The van der Waals surface area contributed by atoms with E-state index in [-0.39, 0.29) is 16.8 Å². The molecule has 2 N–H and O–H groups in total. The van der Waals surface area contributed by atoms with Crippen LogP contribution in [0.5, 0.6) is 0 Å². The molecule has 2 heterocycles. The van der Waals surface area contributed by atoms with Crippen molar-refractivity contribution in [1.82, 2.24) is 19.8 Å². The second-order valence-corrected chi connectivity index (χ2v) is 8.16. The molecule has 3 rings (SSSR count). The molecule has 0 aliphatic carbocycles. The van der Waals surface area contributed by atoms with E-state index in [0.717, 1.165) is 24.9 Å². The van der Waals surface area contributed by atoms with Gasteiger partial charge < -0.3 is 10.1 Å². The van der Waals surface area contributed by atoms with Crippen molar-refractivity contribution in [2.75, 3.05) is 13.2 Å². The number of aromatic nitrogens is 2. The smallest absolute Gasteiger partial charge is 0.251 e. The fourth-order valence-corrected chi connectivity index (χ4v) is 4.18. The minimum atomic E-state index is -3.71. The molecule has 0 radical (unpaired) electrons. The first kappa shape index (κ1) is 19.5. The van der Waals surface area contributed by atoms with Crippen LogP contribution in [-0.2, 0) is 27.8 Å². The molecular formula is C18H24N4O4S. The van der Waals surface area contributed by atoms with Gasteiger partial charge in [0.05, 0.1) is 17.7 Å². The number of sulfonamides is 1. The Hall–Kier alpha value is -2.23. The predicted molar refractivity (Wildman–Crippen MR) is 99.7 cm³/mol. The first-order valence-corrected chi connectivity index (χ1v) is 10.5. The van der Waals surface area contributed by atoms with Gasteiger partial charge in [0.1, 0.15) is 0 Å². The number of carbonyl (C=O) groups is 1. The maximum Gasteiger partial charge on any atom is 0.251 e. The summed E-state index contributed by atoms with van der Waals surface area (Å²) in [6.07, 6.45) is 5.12. The third kappa shape index (κ3) is 5.15. The maximum absolute atomic E-state index is 12.6. The highest BCUT2D eigenvalue weighted by Crippen LogP contribution is 2.15. The number of nitrogens with zero attached hydrogens (tertiary/aromatic N) is 2. The normalized spacial score (nSPS) is 17.6. The summed E-state index contributed by atoms with van der Waals surface area (Å²) in [6.45, 7) is 4.09. The lowest BCUT2D eigenvalue weighted by Crippen LogP contribution is -2.40. The zero-order valence-corrected chi connectivity index (χ0v) is 16.0. The Balaban J connectivity index is 1.65. The fourth-order valence-electron chi connectivity index (χ4n) is 2.88. The lowest BCUT2D eigenvalue weighted by atomic mass is 10.1. The van der Waals surface area contributed by atoms with Gasteiger partial charge in [0.2, 0.25) is 10.0 Å². The molecule has 0 bridgehead atoms. The van der Waals surface area contributed by atoms with Gasteiger partial charge in [0, 0.05) is 43.1 Å². The first-order chi connectivity index (χ1) is 13.0. The molecule has 1 aromatic carbocycles. The second-order valence-electron chi connectivity index (χ2n) is 6.45. The van der Waals surface area contributed by atoms with Crippen molar-refractivity contribution in [2.24, 2.45) is 0 Å². The number of benzene rings is 1. The van der Waals surface area contributed by atoms with Crippen LogP contribution < -0.4 is 10.0 Å². The van der Waals surface area contributed by atoms with Gasteiger partial charge in [-0.25, -0.2) is 13.1 Å². The van der Waals surface area contributed by atoms with E-state index in [1.807, 2.05) is 13.1 Å². The summed E-state index contributed by atoms with van der Waals surface area (Å²) >= 11 is 0. The van der Waals surface area contributed by atoms with E-state index < -0.39 is 10.0 Å². The van der Waals surface area contributed by atoms with E-state index in [1.54, 1.807) is 23.0 Å². The molecule has 146 valence electrons. The number of ether oxygens (including phenoxy) is 1. The average molecular weight is 392 g/mol. The van der Waals surface area contributed by atoms with Crippen LogP contribution in [0.3, 0.4) is 0 Å². The van der Waals surface area contributed by atoms with Crippen LogP contribution in [0.4, 0.5) is 0 Å². The van der Waals surface area contributed by atoms with Crippen LogP contribution in [0.15, 0.2) is 41.6 Å². The molecule has 0 unspecified atom stereocenters. The van der Waals surface area contributed by atoms with Crippen molar-refractivity contribution in [2.45, 2.75) is 43.8 Å². The van der Waals surface area contributed by atoms with Crippen molar-refractivity contribution in [3.8, 4) is 0 Å². The van der Waals surface area contributed by atoms with Crippen molar-refractivity contribution in [1.29, 1.82) is 0 Å². The molecule has 9 heteroatoms. The zero-order valence-electron chi connectivity index (χ0n) is 15.2. The van der Waals surface area contributed by atoms with Crippen LogP contribution in [-0.4, -0.2) is 43.4 Å². The molecule has 1 fully saturated rings. The number of carbonyl (C=O) groups excluding carboxylic acids is 1. The highest BCUT2D eigenvalue weighted by Gasteiger charge is 2.23. The molecule has 8 nitrogen and oxygen atoms in total. The molecule has 1 saturated heterocycles. The van der Waals surface area contributed by atoms with Gasteiger partial charge in [-0.15, -0.1) is 0 Å². The SMILES string of the molecule is CCn1cc(CNC(=O)c2cccc(S(=O)(=O)N[C@H]3CCCOC3)c2)cn1. The van der Waals surface area contributed by atoms with Gasteiger partial charge in [-0.1, -0.05) is 6.07 Å². The fraction of sp³-hybridized carbons (Fsp3) is 0.444. The number of hydrogen-bond donors (Lipinski definition) is 2. The Morgan fingerprint density at radius 3 is 2.96 bits per heavy atom. The molecule has 0 spiro atoms. The van der Waals surface area contributed by atoms with Gasteiger partial charge >= 0.3 is 0 Å². The van der Waals surface area contributed by atoms with Crippen molar-refractivity contribution < 1.29 is 17.9 Å². The van der Waals surface area contributed by atoms with E-state index in [9.17, 15) is 13.2 Å². The molecule has 1 amide bonds. The third-order valence-corrected chi connectivity index (χ3v) is 5.87. The standard InChI is InChI=1S/C18H24N4O4S/c1-2-22-12-14(11-20-22)10-19-18(23)15-5-3-7-17(9-15)27(24,25)21-16-6-4-8-26-13-16/h3,5,7,9,11-12,16,21H,2,4,6,8,10,13H2,1H3,(H,19,23)/t16-/m0/s1. The van der Waals surface area contributed by atoms with Gasteiger partial charge in [-0.05, 0) is 38.0 Å². The van der Waals surface area contributed by atoms with E-state index in [1.165, 1.54) is 12.1 Å².